The molecular weight excluding hydrogens is 410 g/mol. The molecule has 1 saturated heterocycles. The van der Waals surface area contributed by atoms with Crippen molar-refractivity contribution in [2.24, 2.45) is 0 Å². The van der Waals surface area contributed by atoms with Gasteiger partial charge in [-0.25, -0.2) is 5.10 Å². The third-order valence-electron chi connectivity index (χ3n) is 6.21. The summed E-state index contributed by atoms with van der Waals surface area (Å²) in [7, 11) is 0. The second-order valence-electron chi connectivity index (χ2n) is 8.20. The maximum atomic E-state index is 13.0. The van der Waals surface area contributed by atoms with Gasteiger partial charge in [-0.05, 0) is 38.0 Å². The molecule has 166 valence electrons. The average Bonchev–Trinajstić information content (AvgIpc) is 3.48. The molecule has 3 aromatic rings. The van der Waals surface area contributed by atoms with Crippen molar-refractivity contribution >= 4 is 11.6 Å². The number of aromatic nitrogens is 5. The number of H-pyrrole nitrogens is 1. The van der Waals surface area contributed by atoms with Gasteiger partial charge in [-0.2, -0.15) is 5.10 Å². The van der Waals surface area contributed by atoms with Crippen LogP contribution in [-0.4, -0.2) is 61.5 Å². The van der Waals surface area contributed by atoms with Gasteiger partial charge in [-0.1, -0.05) is 6.07 Å². The summed E-state index contributed by atoms with van der Waals surface area (Å²) in [5.41, 5.74) is 1.93. The molecule has 10 heteroatoms. The molecule has 1 aromatic carbocycles. The number of carbonyl (C=O) groups is 1. The third-order valence-corrected chi connectivity index (χ3v) is 6.21. The Morgan fingerprint density at radius 3 is 3.09 bits per heavy atom. The molecule has 1 fully saturated rings. The summed E-state index contributed by atoms with van der Waals surface area (Å²) in [6.45, 7) is 4.90. The van der Waals surface area contributed by atoms with Crippen LogP contribution in [0.2, 0.25) is 0 Å². The minimum absolute atomic E-state index is 0.0441. The number of aromatic amines is 1. The zero-order valence-corrected chi connectivity index (χ0v) is 17.9. The first-order valence-electron chi connectivity index (χ1n) is 10.8. The second kappa shape index (κ2) is 8.45. The van der Waals surface area contributed by atoms with Gasteiger partial charge in [0.05, 0.1) is 24.5 Å². The monoisotopic (exact) mass is 435 g/mol. The van der Waals surface area contributed by atoms with E-state index in [-0.39, 0.29) is 17.5 Å². The van der Waals surface area contributed by atoms with Gasteiger partial charge in [0.15, 0.2) is 5.82 Å². The number of benzene rings is 1. The Hall–Kier alpha value is -3.69. The predicted molar refractivity (Wildman–Crippen MR) is 117 cm³/mol. The molecule has 0 bridgehead atoms. The van der Waals surface area contributed by atoms with Crippen molar-refractivity contribution in [1.82, 2.24) is 29.9 Å². The minimum Gasteiger partial charge on any atom is -0.491 e. The Kier molecular flexibility index (Phi) is 5.34. The van der Waals surface area contributed by atoms with Gasteiger partial charge in [0.2, 0.25) is 0 Å². The SMILES string of the molecule is Cc1c(N2CCC[C@H]2COc2cccc(C(=O)N3CCn4cnnc4C3)c2)cn[nH]c1=O. The summed E-state index contributed by atoms with van der Waals surface area (Å²) in [6.07, 6.45) is 5.40. The highest BCUT2D eigenvalue weighted by molar-refractivity contribution is 5.94. The molecule has 0 radical (unpaired) electrons. The minimum atomic E-state index is -0.170. The first-order chi connectivity index (χ1) is 15.6. The van der Waals surface area contributed by atoms with E-state index in [1.165, 1.54) is 0 Å². The lowest BCUT2D eigenvalue weighted by atomic mass is 10.1. The molecule has 2 aromatic heterocycles. The molecule has 2 aliphatic heterocycles. The first-order valence-corrected chi connectivity index (χ1v) is 10.8. The number of ether oxygens (including phenoxy) is 1. The van der Waals surface area contributed by atoms with E-state index < -0.39 is 0 Å². The fourth-order valence-corrected chi connectivity index (χ4v) is 4.40. The largest absolute Gasteiger partial charge is 0.491 e. The van der Waals surface area contributed by atoms with E-state index in [1.807, 2.05) is 29.7 Å². The molecular formula is C22H25N7O3. The summed E-state index contributed by atoms with van der Waals surface area (Å²) < 4.78 is 8.06. The van der Waals surface area contributed by atoms with Crippen LogP contribution < -0.4 is 15.2 Å². The van der Waals surface area contributed by atoms with Crippen LogP contribution in [0.15, 0.2) is 41.6 Å². The summed E-state index contributed by atoms with van der Waals surface area (Å²) in [4.78, 5) is 28.9. The van der Waals surface area contributed by atoms with Crippen LogP contribution in [0.4, 0.5) is 5.69 Å². The highest BCUT2D eigenvalue weighted by Crippen LogP contribution is 2.27. The van der Waals surface area contributed by atoms with Crippen molar-refractivity contribution in [3.05, 3.63) is 64.1 Å². The van der Waals surface area contributed by atoms with Gasteiger partial charge >= 0.3 is 0 Å². The summed E-state index contributed by atoms with van der Waals surface area (Å²) in [6, 6.07) is 7.45. The van der Waals surface area contributed by atoms with Crippen LogP contribution in [0, 0.1) is 6.92 Å². The molecule has 0 spiro atoms. The summed E-state index contributed by atoms with van der Waals surface area (Å²) >= 11 is 0. The molecule has 0 aliphatic carbocycles. The molecule has 0 saturated carbocycles. The normalized spacial score (nSPS) is 18.0. The first kappa shape index (κ1) is 20.2. The van der Waals surface area contributed by atoms with E-state index in [0.29, 0.717) is 43.1 Å². The zero-order valence-electron chi connectivity index (χ0n) is 17.9. The van der Waals surface area contributed by atoms with E-state index in [0.717, 1.165) is 30.9 Å². The molecule has 0 unspecified atom stereocenters. The molecule has 10 nitrogen and oxygen atoms in total. The Morgan fingerprint density at radius 2 is 2.19 bits per heavy atom. The van der Waals surface area contributed by atoms with Crippen molar-refractivity contribution < 1.29 is 9.53 Å². The molecule has 1 N–H and O–H groups in total. The molecule has 4 heterocycles. The van der Waals surface area contributed by atoms with E-state index >= 15 is 0 Å². The number of carbonyl (C=O) groups excluding carboxylic acids is 1. The Labute approximate surface area is 184 Å². The van der Waals surface area contributed by atoms with Crippen molar-refractivity contribution in [2.75, 3.05) is 24.6 Å². The van der Waals surface area contributed by atoms with Crippen molar-refractivity contribution in [1.29, 1.82) is 0 Å². The van der Waals surface area contributed by atoms with Gasteiger partial charge in [-0.15, -0.1) is 10.2 Å². The number of amides is 1. The lowest BCUT2D eigenvalue weighted by Gasteiger charge is -2.28. The number of anilines is 1. The number of hydrogen-bond donors (Lipinski definition) is 1. The molecule has 1 amide bonds. The zero-order chi connectivity index (χ0) is 22.1. The Morgan fingerprint density at radius 1 is 1.28 bits per heavy atom. The van der Waals surface area contributed by atoms with Gasteiger partial charge in [0.1, 0.15) is 18.7 Å². The highest BCUT2D eigenvalue weighted by atomic mass is 16.5. The smallest absolute Gasteiger partial charge is 0.269 e. The Bertz CT molecular complexity index is 1190. The lowest BCUT2D eigenvalue weighted by Crippen LogP contribution is -2.38. The number of nitrogens with zero attached hydrogens (tertiary/aromatic N) is 6. The van der Waals surface area contributed by atoms with Crippen LogP contribution in [-0.2, 0) is 13.1 Å². The predicted octanol–water partition coefficient (Wildman–Crippen LogP) is 1.37. The van der Waals surface area contributed by atoms with Crippen LogP contribution >= 0.6 is 0 Å². The third kappa shape index (κ3) is 3.83. The number of rotatable bonds is 5. The van der Waals surface area contributed by atoms with E-state index in [2.05, 4.69) is 25.3 Å². The molecule has 5 rings (SSSR count). The number of hydrogen-bond acceptors (Lipinski definition) is 7. The van der Waals surface area contributed by atoms with Gasteiger partial charge in [0.25, 0.3) is 11.5 Å². The average molecular weight is 435 g/mol. The number of fused-ring (bicyclic) bond motifs is 1. The van der Waals surface area contributed by atoms with E-state index in [1.54, 1.807) is 23.5 Å². The van der Waals surface area contributed by atoms with Crippen LogP contribution in [0.1, 0.15) is 34.6 Å². The van der Waals surface area contributed by atoms with E-state index in [4.69, 9.17) is 4.74 Å². The van der Waals surface area contributed by atoms with Crippen molar-refractivity contribution in [3.8, 4) is 5.75 Å². The second-order valence-corrected chi connectivity index (χ2v) is 8.20. The molecule has 32 heavy (non-hydrogen) atoms. The standard InChI is InChI=1S/C22H25N7O3/c1-15-19(11-23-26-21(15)30)29-7-3-5-17(29)13-32-18-6-2-4-16(10-18)22(31)27-8-9-28-14-24-25-20(28)12-27/h2,4,6,10-11,14,17H,3,5,7-9,12-13H2,1H3,(H,26,30)/t17-/m0/s1. The lowest BCUT2D eigenvalue weighted by molar-refractivity contribution is 0.0707. The Balaban J connectivity index is 1.26. The molecule has 1 atom stereocenters. The van der Waals surface area contributed by atoms with Crippen LogP contribution in [0.25, 0.3) is 0 Å². The van der Waals surface area contributed by atoms with E-state index in [9.17, 15) is 9.59 Å². The van der Waals surface area contributed by atoms with Gasteiger partial charge in [0, 0.05) is 30.8 Å². The maximum absolute atomic E-state index is 13.0. The van der Waals surface area contributed by atoms with Gasteiger partial charge < -0.3 is 19.1 Å². The molecule has 2 aliphatic rings. The summed E-state index contributed by atoms with van der Waals surface area (Å²) in [5.74, 6) is 1.41. The maximum Gasteiger partial charge on any atom is 0.269 e. The fourth-order valence-electron chi connectivity index (χ4n) is 4.40. The topological polar surface area (TPSA) is 109 Å². The van der Waals surface area contributed by atoms with Crippen LogP contribution in [0.3, 0.4) is 0 Å². The highest BCUT2D eigenvalue weighted by Gasteiger charge is 2.28. The van der Waals surface area contributed by atoms with Crippen molar-refractivity contribution in [2.45, 2.75) is 38.9 Å². The van der Waals surface area contributed by atoms with Crippen molar-refractivity contribution in [3.63, 3.8) is 0 Å². The van der Waals surface area contributed by atoms with Crippen LogP contribution in [0.5, 0.6) is 5.75 Å². The quantitative estimate of drug-likeness (QED) is 0.645. The fraction of sp³-hybridized carbons (Fsp3) is 0.409. The van der Waals surface area contributed by atoms with Gasteiger partial charge in [-0.3, -0.25) is 9.59 Å². The summed E-state index contributed by atoms with van der Waals surface area (Å²) in [5, 5.41) is 14.4. The number of nitrogens with one attached hydrogen (secondary N) is 1.